The summed E-state index contributed by atoms with van der Waals surface area (Å²) >= 11 is 1.50. The molecule has 13 heavy (non-hydrogen) atoms. The number of rotatable bonds is 2. The van der Waals surface area contributed by atoms with Crippen LogP contribution in [0, 0.1) is 5.92 Å². The van der Waals surface area contributed by atoms with Gasteiger partial charge in [-0.1, -0.05) is 19.3 Å². The minimum Gasteiger partial charge on any atom is -0.292 e. The largest absolute Gasteiger partial charge is 0.292 e. The Hall–Kier alpha value is -0.700. The number of ketones is 1. The minimum atomic E-state index is 0.260. The van der Waals surface area contributed by atoms with E-state index in [2.05, 4.69) is 4.98 Å². The van der Waals surface area contributed by atoms with Crippen LogP contribution >= 0.6 is 11.3 Å². The van der Waals surface area contributed by atoms with Crippen LogP contribution in [0.1, 0.15) is 42.6 Å². The van der Waals surface area contributed by atoms with Crippen LogP contribution in [-0.4, -0.2) is 10.8 Å². The van der Waals surface area contributed by atoms with Gasteiger partial charge in [-0.25, -0.2) is 4.98 Å². The van der Waals surface area contributed by atoms with E-state index >= 15 is 0 Å². The van der Waals surface area contributed by atoms with Crippen LogP contribution in [0.15, 0.2) is 10.9 Å². The first-order valence-electron chi connectivity index (χ1n) is 4.80. The summed E-state index contributed by atoms with van der Waals surface area (Å²) in [5.41, 5.74) is 2.41. The van der Waals surface area contributed by atoms with Crippen molar-refractivity contribution in [2.45, 2.75) is 32.1 Å². The Morgan fingerprint density at radius 3 is 2.77 bits per heavy atom. The number of thiazole rings is 1. The van der Waals surface area contributed by atoms with Crippen molar-refractivity contribution in [3.63, 3.8) is 0 Å². The average Bonchev–Trinajstić information content (AvgIpc) is 2.71. The summed E-state index contributed by atoms with van der Waals surface area (Å²) in [5, 5.41) is 1.86. The molecule has 2 rings (SSSR count). The molecular weight excluding hydrogens is 182 g/mol. The quantitative estimate of drug-likeness (QED) is 0.679. The molecule has 3 heteroatoms. The van der Waals surface area contributed by atoms with Crippen molar-refractivity contribution < 1.29 is 4.79 Å². The number of carbonyl (C=O) groups is 1. The van der Waals surface area contributed by atoms with Gasteiger partial charge in [-0.2, -0.15) is 0 Å². The number of nitrogens with zero attached hydrogens (tertiary/aromatic N) is 1. The van der Waals surface area contributed by atoms with Crippen molar-refractivity contribution in [2.75, 3.05) is 0 Å². The average molecular weight is 195 g/mol. The second-order valence-corrected chi connectivity index (χ2v) is 4.29. The molecule has 1 aromatic rings. The van der Waals surface area contributed by atoms with Crippen molar-refractivity contribution in [2.24, 2.45) is 5.92 Å². The van der Waals surface area contributed by atoms with Gasteiger partial charge in [0, 0.05) is 11.3 Å². The maximum atomic E-state index is 11.8. The molecule has 0 spiro atoms. The molecule has 2 nitrogen and oxygen atoms in total. The third-order valence-corrected chi connectivity index (χ3v) is 3.25. The predicted octanol–water partition coefficient (Wildman–Crippen LogP) is 2.91. The van der Waals surface area contributed by atoms with Gasteiger partial charge in [0.2, 0.25) is 0 Å². The lowest BCUT2D eigenvalue weighted by atomic mass is 9.85. The van der Waals surface area contributed by atoms with E-state index in [1.165, 1.54) is 30.6 Å². The molecule has 0 unspecified atom stereocenters. The Kier molecular flexibility index (Phi) is 2.74. The van der Waals surface area contributed by atoms with Gasteiger partial charge in [0.1, 0.15) is 5.69 Å². The molecule has 1 heterocycles. The molecule has 0 radical (unpaired) electrons. The Bertz CT molecular complexity index is 275. The van der Waals surface area contributed by atoms with E-state index < -0.39 is 0 Å². The summed E-state index contributed by atoms with van der Waals surface area (Å²) in [7, 11) is 0. The smallest absolute Gasteiger partial charge is 0.185 e. The van der Waals surface area contributed by atoms with Crippen LogP contribution in [0.4, 0.5) is 0 Å². The number of aromatic nitrogens is 1. The maximum absolute atomic E-state index is 11.8. The van der Waals surface area contributed by atoms with Gasteiger partial charge in [0.05, 0.1) is 5.51 Å². The first-order valence-corrected chi connectivity index (χ1v) is 5.74. The number of hydrogen-bond acceptors (Lipinski definition) is 3. The third kappa shape index (κ3) is 1.97. The zero-order valence-electron chi connectivity index (χ0n) is 7.53. The Morgan fingerprint density at radius 1 is 1.38 bits per heavy atom. The van der Waals surface area contributed by atoms with Crippen molar-refractivity contribution in [3.05, 3.63) is 16.6 Å². The van der Waals surface area contributed by atoms with Gasteiger partial charge >= 0.3 is 0 Å². The second-order valence-electron chi connectivity index (χ2n) is 3.57. The van der Waals surface area contributed by atoms with E-state index in [9.17, 15) is 4.79 Å². The topological polar surface area (TPSA) is 30.0 Å². The summed E-state index contributed by atoms with van der Waals surface area (Å²) in [5.74, 6) is 0.525. The highest BCUT2D eigenvalue weighted by molar-refractivity contribution is 7.07. The molecule has 0 aromatic carbocycles. The monoisotopic (exact) mass is 195 g/mol. The van der Waals surface area contributed by atoms with Crippen molar-refractivity contribution >= 4 is 17.1 Å². The lowest BCUT2D eigenvalue weighted by molar-refractivity contribution is 0.0885. The summed E-state index contributed by atoms with van der Waals surface area (Å²) in [6.45, 7) is 0. The summed E-state index contributed by atoms with van der Waals surface area (Å²) in [6, 6.07) is 0. The number of carbonyl (C=O) groups excluding carboxylic acids is 1. The molecule has 0 atom stereocenters. The molecule has 1 fully saturated rings. The van der Waals surface area contributed by atoms with E-state index in [-0.39, 0.29) is 11.7 Å². The summed E-state index contributed by atoms with van der Waals surface area (Å²) in [6.07, 6.45) is 5.84. The Balaban J connectivity index is 2.04. The van der Waals surface area contributed by atoms with E-state index in [0.29, 0.717) is 5.69 Å². The molecule has 1 aromatic heterocycles. The van der Waals surface area contributed by atoms with Crippen molar-refractivity contribution in [3.8, 4) is 0 Å². The molecular formula is C10H13NOS. The highest BCUT2D eigenvalue weighted by atomic mass is 32.1. The number of Topliss-reactive ketones (excluding diaryl/α,β-unsaturated/α-hetero) is 1. The minimum absolute atomic E-state index is 0.260. The van der Waals surface area contributed by atoms with Crippen LogP contribution in [0.5, 0.6) is 0 Å². The fraction of sp³-hybridized carbons (Fsp3) is 0.600. The lowest BCUT2D eigenvalue weighted by Gasteiger charge is -2.18. The van der Waals surface area contributed by atoms with Gasteiger partial charge in [0.15, 0.2) is 5.78 Å². The molecule has 1 saturated carbocycles. The first-order chi connectivity index (χ1) is 6.38. The lowest BCUT2D eigenvalue weighted by Crippen LogP contribution is -2.17. The van der Waals surface area contributed by atoms with E-state index in [1.807, 2.05) is 5.38 Å². The first kappa shape index (κ1) is 8.88. The van der Waals surface area contributed by atoms with Crippen LogP contribution in [0.2, 0.25) is 0 Å². The normalized spacial score (nSPS) is 18.8. The van der Waals surface area contributed by atoms with Crippen LogP contribution in [-0.2, 0) is 0 Å². The number of hydrogen-bond donors (Lipinski definition) is 0. The van der Waals surface area contributed by atoms with Gasteiger partial charge in [0.25, 0.3) is 0 Å². The standard InChI is InChI=1S/C10H13NOS/c12-10(9-6-13-7-11-9)8-4-2-1-3-5-8/h6-8H,1-5H2. The predicted molar refractivity (Wildman–Crippen MR) is 53.0 cm³/mol. The summed E-state index contributed by atoms with van der Waals surface area (Å²) in [4.78, 5) is 15.9. The van der Waals surface area contributed by atoms with E-state index in [1.54, 1.807) is 5.51 Å². The SMILES string of the molecule is O=C(c1cscn1)C1CCCCC1. The zero-order valence-corrected chi connectivity index (χ0v) is 8.35. The molecule has 70 valence electrons. The van der Waals surface area contributed by atoms with E-state index in [0.717, 1.165) is 12.8 Å². The van der Waals surface area contributed by atoms with Crippen LogP contribution < -0.4 is 0 Å². The molecule has 0 aliphatic heterocycles. The van der Waals surface area contributed by atoms with Gasteiger partial charge < -0.3 is 0 Å². The molecule has 0 N–H and O–H groups in total. The molecule has 0 bridgehead atoms. The fourth-order valence-electron chi connectivity index (χ4n) is 1.91. The molecule has 1 aliphatic rings. The second kappa shape index (κ2) is 4.01. The van der Waals surface area contributed by atoms with Gasteiger partial charge in [-0.05, 0) is 12.8 Å². The summed E-state index contributed by atoms with van der Waals surface area (Å²) < 4.78 is 0. The molecule has 0 saturated heterocycles. The van der Waals surface area contributed by atoms with Gasteiger partial charge in [-0.3, -0.25) is 4.79 Å². The highest BCUT2D eigenvalue weighted by Gasteiger charge is 2.23. The highest BCUT2D eigenvalue weighted by Crippen LogP contribution is 2.26. The van der Waals surface area contributed by atoms with Gasteiger partial charge in [-0.15, -0.1) is 11.3 Å². The maximum Gasteiger partial charge on any atom is 0.185 e. The van der Waals surface area contributed by atoms with Crippen molar-refractivity contribution in [1.29, 1.82) is 0 Å². The molecule has 0 amide bonds. The Labute approximate surface area is 82.0 Å². The van der Waals surface area contributed by atoms with Crippen LogP contribution in [0.3, 0.4) is 0 Å². The Morgan fingerprint density at radius 2 is 2.15 bits per heavy atom. The molecule has 1 aliphatic carbocycles. The van der Waals surface area contributed by atoms with E-state index in [4.69, 9.17) is 0 Å². The van der Waals surface area contributed by atoms with Crippen molar-refractivity contribution in [1.82, 2.24) is 4.98 Å². The van der Waals surface area contributed by atoms with Crippen LogP contribution in [0.25, 0.3) is 0 Å². The third-order valence-electron chi connectivity index (χ3n) is 2.66. The fourth-order valence-corrected chi connectivity index (χ4v) is 2.45. The zero-order chi connectivity index (χ0) is 9.10.